The van der Waals surface area contributed by atoms with Gasteiger partial charge in [0.1, 0.15) is 28.9 Å². The molecule has 0 fully saturated rings. The normalized spacial score (nSPS) is 10.8. The van der Waals surface area contributed by atoms with E-state index in [9.17, 15) is 4.79 Å². The van der Waals surface area contributed by atoms with E-state index in [1.165, 1.54) is 6.08 Å². The number of methoxy groups -OCH3 is 1. The second-order valence-electron chi connectivity index (χ2n) is 4.30. The highest BCUT2D eigenvalue weighted by molar-refractivity contribution is 6.09. The fraction of sp³-hybridized carbons (Fsp3) is 0.125. The van der Waals surface area contributed by atoms with Gasteiger partial charge in [-0.05, 0) is 31.2 Å². The number of nitriles is 1. The first-order valence-electron chi connectivity index (χ1n) is 6.26. The molecule has 2 aromatic rings. The van der Waals surface area contributed by atoms with E-state index in [0.717, 1.165) is 0 Å². The predicted octanol–water partition coefficient (Wildman–Crippen LogP) is 3.14. The summed E-state index contributed by atoms with van der Waals surface area (Å²) in [6, 6.07) is 12.2. The van der Waals surface area contributed by atoms with Crippen LogP contribution >= 0.6 is 0 Å². The molecule has 0 bridgehead atoms. The fourth-order valence-corrected chi connectivity index (χ4v) is 1.72. The summed E-state index contributed by atoms with van der Waals surface area (Å²) in [4.78, 5) is 12.1. The minimum atomic E-state index is -0.500. The minimum Gasteiger partial charge on any atom is -0.497 e. The van der Waals surface area contributed by atoms with Crippen LogP contribution in [0.3, 0.4) is 0 Å². The number of ether oxygens (including phenoxy) is 1. The van der Waals surface area contributed by atoms with Gasteiger partial charge in [0.05, 0.1) is 7.11 Å². The summed E-state index contributed by atoms with van der Waals surface area (Å²) in [5.41, 5.74) is 0.517. The van der Waals surface area contributed by atoms with Crippen molar-refractivity contribution in [3.05, 3.63) is 53.5 Å². The summed E-state index contributed by atoms with van der Waals surface area (Å²) in [6.07, 6.45) is 1.41. The van der Waals surface area contributed by atoms with Crippen LogP contribution in [0.1, 0.15) is 11.5 Å². The van der Waals surface area contributed by atoms with Crippen LogP contribution in [0.4, 0.5) is 5.69 Å². The molecule has 1 amide bonds. The van der Waals surface area contributed by atoms with Gasteiger partial charge >= 0.3 is 0 Å². The van der Waals surface area contributed by atoms with Gasteiger partial charge in [-0.2, -0.15) is 5.26 Å². The average Bonchev–Trinajstić information content (AvgIpc) is 2.90. The molecule has 0 spiro atoms. The molecule has 1 N–H and O–H groups in total. The molecule has 5 heteroatoms. The third kappa shape index (κ3) is 3.74. The van der Waals surface area contributed by atoms with E-state index in [2.05, 4.69) is 5.32 Å². The number of carbonyl (C=O) groups is 1. The van der Waals surface area contributed by atoms with Crippen molar-refractivity contribution in [2.24, 2.45) is 0 Å². The molecule has 1 heterocycles. The van der Waals surface area contributed by atoms with Crippen LogP contribution in [0.2, 0.25) is 0 Å². The Morgan fingerprint density at radius 1 is 1.38 bits per heavy atom. The second kappa shape index (κ2) is 6.44. The quantitative estimate of drug-likeness (QED) is 0.690. The molecule has 0 radical (unpaired) electrons. The van der Waals surface area contributed by atoms with Gasteiger partial charge in [-0.1, -0.05) is 6.07 Å². The zero-order valence-corrected chi connectivity index (χ0v) is 11.7. The number of furan rings is 1. The molecule has 1 aromatic carbocycles. The van der Waals surface area contributed by atoms with Gasteiger partial charge in [-0.3, -0.25) is 4.79 Å². The molecule has 21 heavy (non-hydrogen) atoms. The van der Waals surface area contributed by atoms with Crippen LogP contribution in [0.15, 0.2) is 46.4 Å². The van der Waals surface area contributed by atoms with Gasteiger partial charge in [0.25, 0.3) is 5.91 Å². The van der Waals surface area contributed by atoms with E-state index < -0.39 is 5.91 Å². The zero-order valence-electron chi connectivity index (χ0n) is 11.7. The van der Waals surface area contributed by atoms with Crippen molar-refractivity contribution in [1.82, 2.24) is 0 Å². The SMILES string of the molecule is COc1cccc(NC(=O)C(C#N)=Cc2ccc(C)o2)c1. The first-order valence-corrected chi connectivity index (χ1v) is 6.26. The molecular weight excluding hydrogens is 268 g/mol. The number of nitrogens with one attached hydrogen (secondary N) is 1. The third-order valence-electron chi connectivity index (χ3n) is 2.74. The highest BCUT2D eigenvalue weighted by Gasteiger charge is 2.11. The number of carbonyl (C=O) groups excluding carboxylic acids is 1. The van der Waals surface area contributed by atoms with Gasteiger partial charge in [-0.15, -0.1) is 0 Å². The monoisotopic (exact) mass is 282 g/mol. The van der Waals surface area contributed by atoms with Crippen molar-refractivity contribution in [2.45, 2.75) is 6.92 Å². The summed E-state index contributed by atoms with van der Waals surface area (Å²) < 4.78 is 10.4. The Balaban J connectivity index is 2.17. The van der Waals surface area contributed by atoms with E-state index in [4.69, 9.17) is 14.4 Å². The van der Waals surface area contributed by atoms with Crippen LogP contribution < -0.4 is 10.1 Å². The molecule has 5 nitrogen and oxygen atoms in total. The van der Waals surface area contributed by atoms with Gasteiger partial charge in [0.2, 0.25) is 0 Å². The highest BCUT2D eigenvalue weighted by Crippen LogP contribution is 2.18. The minimum absolute atomic E-state index is 0.0350. The lowest BCUT2D eigenvalue weighted by molar-refractivity contribution is -0.112. The number of anilines is 1. The standard InChI is InChI=1S/C16H14N2O3/c1-11-6-7-15(21-11)8-12(10-17)16(19)18-13-4-3-5-14(9-13)20-2/h3-9H,1-2H3,(H,18,19). The summed E-state index contributed by atoms with van der Waals surface area (Å²) in [6.45, 7) is 1.79. The molecule has 0 aliphatic heterocycles. The lowest BCUT2D eigenvalue weighted by Gasteiger charge is -2.06. The molecular formula is C16H14N2O3. The Kier molecular flexibility index (Phi) is 4.42. The van der Waals surface area contributed by atoms with E-state index in [1.807, 2.05) is 6.07 Å². The number of nitrogens with zero attached hydrogens (tertiary/aromatic N) is 1. The smallest absolute Gasteiger partial charge is 0.266 e. The summed E-state index contributed by atoms with van der Waals surface area (Å²) in [5, 5.41) is 11.7. The lowest BCUT2D eigenvalue weighted by atomic mass is 10.2. The first-order chi connectivity index (χ1) is 10.1. The molecule has 0 aliphatic carbocycles. The van der Waals surface area contributed by atoms with E-state index >= 15 is 0 Å². The molecule has 0 atom stereocenters. The average molecular weight is 282 g/mol. The number of amides is 1. The number of benzene rings is 1. The second-order valence-corrected chi connectivity index (χ2v) is 4.30. The van der Waals surface area contributed by atoms with Crippen molar-refractivity contribution in [1.29, 1.82) is 5.26 Å². The van der Waals surface area contributed by atoms with Crippen LogP contribution in [-0.4, -0.2) is 13.0 Å². The number of hydrogen-bond acceptors (Lipinski definition) is 4. The maximum Gasteiger partial charge on any atom is 0.266 e. The summed E-state index contributed by atoms with van der Waals surface area (Å²) in [5.74, 6) is 1.30. The van der Waals surface area contributed by atoms with Crippen molar-refractivity contribution >= 4 is 17.7 Å². The van der Waals surface area contributed by atoms with Gasteiger partial charge in [0, 0.05) is 17.8 Å². The first kappa shape index (κ1) is 14.4. The molecule has 106 valence electrons. The van der Waals surface area contributed by atoms with Crippen LogP contribution in [-0.2, 0) is 4.79 Å². The topological polar surface area (TPSA) is 75.3 Å². The van der Waals surface area contributed by atoms with Crippen LogP contribution in [0, 0.1) is 18.3 Å². The van der Waals surface area contributed by atoms with Gasteiger partial charge in [-0.25, -0.2) is 0 Å². The Morgan fingerprint density at radius 3 is 2.81 bits per heavy atom. The zero-order chi connectivity index (χ0) is 15.2. The molecule has 1 aromatic heterocycles. The van der Waals surface area contributed by atoms with Crippen molar-refractivity contribution in [3.63, 3.8) is 0 Å². The summed E-state index contributed by atoms with van der Waals surface area (Å²) in [7, 11) is 1.54. The third-order valence-corrected chi connectivity index (χ3v) is 2.74. The number of hydrogen-bond donors (Lipinski definition) is 1. The summed E-state index contributed by atoms with van der Waals surface area (Å²) >= 11 is 0. The number of aryl methyl sites for hydroxylation is 1. The molecule has 0 aliphatic rings. The van der Waals surface area contributed by atoms with Crippen LogP contribution in [0.5, 0.6) is 5.75 Å². The maximum absolute atomic E-state index is 12.1. The Labute approximate surface area is 122 Å². The maximum atomic E-state index is 12.1. The van der Waals surface area contributed by atoms with Crippen molar-refractivity contribution in [3.8, 4) is 11.8 Å². The largest absolute Gasteiger partial charge is 0.497 e. The van der Waals surface area contributed by atoms with Crippen molar-refractivity contribution in [2.75, 3.05) is 12.4 Å². The highest BCUT2D eigenvalue weighted by atomic mass is 16.5. The molecule has 0 unspecified atom stereocenters. The Morgan fingerprint density at radius 2 is 2.19 bits per heavy atom. The van der Waals surface area contributed by atoms with E-state index in [-0.39, 0.29) is 5.57 Å². The van der Waals surface area contributed by atoms with Crippen LogP contribution in [0.25, 0.3) is 6.08 Å². The van der Waals surface area contributed by atoms with Gasteiger partial charge < -0.3 is 14.5 Å². The Hall–Kier alpha value is -3.00. The lowest BCUT2D eigenvalue weighted by Crippen LogP contribution is -2.13. The molecule has 2 rings (SSSR count). The predicted molar refractivity (Wildman–Crippen MR) is 78.7 cm³/mol. The number of rotatable bonds is 4. The van der Waals surface area contributed by atoms with E-state index in [0.29, 0.717) is 23.0 Å². The molecule has 0 saturated carbocycles. The Bertz CT molecular complexity index is 723. The molecule has 0 saturated heterocycles. The fourth-order valence-electron chi connectivity index (χ4n) is 1.72. The van der Waals surface area contributed by atoms with Gasteiger partial charge in [0.15, 0.2) is 0 Å². The van der Waals surface area contributed by atoms with Crippen molar-refractivity contribution < 1.29 is 13.9 Å². The van der Waals surface area contributed by atoms with E-state index in [1.54, 1.807) is 50.4 Å².